The number of allylic oxidation sites excluding steroid dienone is 5. The molecule has 42 heavy (non-hydrogen) atoms. The number of carbonyl (C=O) groups is 3. The zero-order chi connectivity index (χ0) is 31.5. The lowest BCUT2D eigenvalue weighted by Gasteiger charge is -2.22. The Kier molecular flexibility index (Phi) is 19.2. The number of hydrogen-bond acceptors (Lipinski definition) is 7. The molecule has 0 radical (unpaired) electrons. The first-order valence-corrected chi connectivity index (χ1v) is 16.0. The Hall–Kier alpha value is -2.29. The van der Waals surface area contributed by atoms with Gasteiger partial charge in [0, 0.05) is 31.4 Å². The Morgan fingerprint density at radius 1 is 0.929 bits per heavy atom. The smallest absolute Gasteiger partial charge is 0.334 e. The lowest BCUT2D eigenvalue weighted by molar-refractivity contribution is -0.152. The molecule has 1 aliphatic heterocycles. The summed E-state index contributed by atoms with van der Waals surface area (Å²) < 4.78 is 5.51. The quantitative estimate of drug-likeness (QED) is 0.319. The fraction of sp³-hybridized carbons (Fsp3) is 0.735. The Labute approximate surface area is 253 Å². The van der Waals surface area contributed by atoms with Crippen LogP contribution in [0.5, 0.6) is 0 Å². The molecule has 0 aliphatic carbocycles. The van der Waals surface area contributed by atoms with Crippen molar-refractivity contribution in [2.45, 2.75) is 143 Å². The van der Waals surface area contributed by atoms with Crippen LogP contribution in [0.3, 0.4) is 0 Å². The molecule has 1 amide bonds. The Morgan fingerprint density at radius 3 is 2.33 bits per heavy atom. The molecule has 1 heterocycles. The molecule has 0 aromatic carbocycles. The Bertz CT molecular complexity index is 910. The molecule has 0 fully saturated rings. The van der Waals surface area contributed by atoms with Crippen molar-refractivity contribution in [1.82, 2.24) is 5.32 Å². The van der Waals surface area contributed by atoms with Gasteiger partial charge < -0.3 is 25.4 Å². The standard InChI is InChI=1S/C34H57NO7/c1-6-12-32-33(40)35-23-29(37)22-31(39)30(38)20-19-24(3)14-10-15-27(7-2)16-11-18-28(36)17-9-8-13-25(4)21-26(5)34(41)42-32/h10,14-15,21,25,27,29-32,37-39H,6-9,11-13,16-20,22-23H2,1-5H3,(H,35,40)/b15-10+,24-14+,26-21+/t25-,27+,29+,30-,31+,32+/m1/s1. The third-order valence-corrected chi connectivity index (χ3v) is 7.94. The summed E-state index contributed by atoms with van der Waals surface area (Å²) >= 11 is 0. The molecule has 0 unspecified atom stereocenters. The summed E-state index contributed by atoms with van der Waals surface area (Å²) in [6.07, 6.45) is 12.3. The van der Waals surface area contributed by atoms with Gasteiger partial charge in [0.15, 0.2) is 6.10 Å². The largest absolute Gasteiger partial charge is 0.449 e. The van der Waals surface area contributed by atoms with Crippen molar-refractivity contribution in [3.05, 3.63) is 35.5 Å². The number of amides is 1. The highest BCUT2D eigenvalue weighted by molar-refractivity contribution is 5.91. The summed E-state index contributed by atoms with van der Waals surface area (Å²) in [6, 6.07) is 0. The van der Waals surface area contributed by atoms with Crippen molar-refractivity contribution < 1.29 is 34.4 Å². The number of rotatable bonds is 3. The number of aliphatic hydroxyl groups excluding tert-OH is 3. The molecule has 0 saturated carbocycles. The number of nitrogens with one attached hydrogen (secondary N) is 1. The van der Waals surface area contributed by atoms with E-state index in [1.807, 2.05) is 39.0 Å². The van der Waals surface area contributed by atoms with Crippen LogP contribution >= 0.6 is 0 Å². The van der Waals surface area contributed by atoms with E-state index in [2.05, 4.69) is 18.3 Å². The van der Waals surface area contributed by atoms with Gasteiger partial charge in [-0.25, -0.2) is 4.79 Å². The normalized spacial score (nSPS) is 33.1. The van der Waals surface area contributed by atoms with Crippen LogP contribution in [0.1, 0.15) is 118 Å². The molecule has 0 saturated heterocycles. The van der Waals surface area contributed by atoms with Gasteiger partial charge in [-0.3, -0.25) is 9.59 Å². The van der Waals surface area contributed by atoms with Gasteiger partial charge in [-0.2, -0.15) is 0 Å². The van der Waals surface area contributed by atoms with Crippen LogP contribution in [0.4, 0.5) is 0 Å². The van der Waals surface area contributed by atoms with Crippen molar-refractivity contribution in [2.75, 3.05) is 6.54 Å². The maximum atomic E-state index is 12.8. The maximum absolute atomic E-state index is 12.8. The van der Waals surface area contributed by atoms with Gasteiger partial charge >= 0.3 is 5.97 Å². The lowest BCUT2D eigenvalue weighted by atomic mass is 9.95. The molecule has 0 aromatic rings. The fourth-order valence-corrected chi connectivity index (χ4v) is 5.10. The minimum atomic E-state index is -1.14. The van der Waals surface area contributed by atoms with E-state index in [-0.39, 0.29) is 18.9 Å². The molecular formula is C34H57NO7. The van der Waals surface area contributed by atoms with E-state index >= 15 is 0 Å². The SMILES string of the molecule is CCC[C@@H]1OC(=O)/C(C)=C/[C@H](C)CCCCC(=O)CCC[C@@H](CC)/C=C/C=C(\C)CC[C@@H](O)[C@@H](O)C[C@H](O)CNC1=O. The minimum absolute atomic E-state index is 0.0945. The van der Waals surface area contributed by atoms with Gasteiger partial charge in [0.2, 0.25) is 0 Å². The highest BCUT2D eigenvalue weighted by atomic mass is 16.5. The summed E-state index contributed by atoms with van der Waals surface area (Å²) in [4.78, 5) is 37.9. The molecule has 240 valence electrons. The summed E-state index contributed by atoms with van der Waals surface area (Å²) in [5.41, 5.74) is 1.50. The van der Waals surface area contributed by atoms with Crippen LogP contribution in [-0.4, -0.2) is 63.9 Å². The molecule has 0 aromatic heterocycles. The fourth-order valence-electron chi connectivity index (χ4n) is 5.10. The van der Waals surface area contributed by atoms with Gasteiger partial charge in [-0.15, -0.1) is 0 Å². The van der Waals surface area contributed by atoms with E-state index in [0.29, 0.717) is 55.8 Å². The number of esters is 1. The number of ether oxygens (including phenoxy) is 1. The summed E-state index contributed by atoms with van der Waals surface area (Å²) in [6.45, 7) is 9.58. The topological polar surface area (TPSA) is 133 Å². The number of carbonyl (C=O) groups excluding carboxylic acids is 3. The van der Waals surface area contributed by atoms with Gasteiger partial charge in [0.05, 0.1) is 18.3 Å². The number of β-amino-alcohol motifs (C(OH)–C–C–N with tert-alkyl or cyclic N) is 1. The van der Waals surface area contributed by atoms with Crippen molar-refractivity contribution in [2.24, 2.45) is 11.8 Å². The summed E-state index contributed by atoms with van der Waals surface area (Å²) in [5, 5.41) is 33.8. The van der Waals surface area contributed by atoms with Gasteiger partial charge in [-0.1, -0.05) is 63.5 Å². The van der Waals surface area contributed by atoms with Crippen LogP contribution in [0.15, 0.2) is 35.5 Å². The van der Waals surface area contributed by atoms with Gasteiger partial charge in [0.1, 0.15) is 5.78 Å². The highest BCUT2D eigenvalue weighted by Crippen LogP contribution is 2.19. The zero-order valence-corrected chi connectivity index (χ0v) is 26.6. The Balaban J connectivity index is 2.93. The molecule has 6 atom stereocenters. The van der Waals surface area contributed by atoms with Crippen LogP contribution in [0.2, 0.25) is 0 Å². The van der Waals surface area contributed by atoms with Crippen LogP contribution in [0.25, 0.3) is 0 Å². The van der Waals surface area contributed by atoms with Crippen molar-refractivity contribution in [3.8, 4) is 0 Å². The third kappa shape index (κ3) is 16.4. The molecular weight excluding hydrogens is 534 g/mol. The number of Topliss-reactive ketones (excluding diaryl/α,β-unsaturated/α-hetero) is 1. The van der Waals surface area contributed by atoms with E-state index in [1.54, 1.807) is 6.92 Å². The van der Waals surface area contributed by atoms with Gasteiger partial charge in [-0.05, 0) is 77.0 Å². The second kappa shape index (κ2) is 21.4. The summed E-state index contributed by atoms with van der Waals surface area (Å²) in [7, 11) is 0. The van der Waals surface area contributed by atoms with Crippen LogP contribution < -0.4 is 5.32 Å². The van der Waals surface area contributed by atoms with Crippen LogP contribution in [0, 0.1) is 11.8 Å². The second-order valence-electron chi connectivity index (χ2n) is 12.1. The second-order valence-corrected chi connectivity index (χ2v) is 12.1. The van der Waals surface area contributed by atoms with Crippen molar-refractivity contribution in [1.29, 1.82) is 0 Å². The third-order valence-electron chi connectivity index (χ3n) is 7.94. The number of aliphatic hydroxyl groups is 3. The highest BCUT2D eigenvalue weighted by Gasteiger charge is 2.25. The zero-order valence-electron chi connectivity index (χ0n) is 26.6. The predicted octanol–water partition coefficient (Wildman–Crippen LogP) is 5.49. The molecule has 1 rings (SSSR count). The Morgan fingerprint density at radius 2 is 1.64 bits per heavy atom. The molecule has 0 spiro atoms. The van der Waals surface area contributed by atoms with E-state index in [4.69, 9.17) is 4.74 Å². The van der Waals surface area contributed by atoms with E-state index in [0.717, 1.165) is 44.1 Å². The number of hydrogen-bond donors (Lipinski definition) is 4. The maximum Gasteiger partial charge on any atom is 0.334 e. The molecule has 8 nitrogen and oxygen atoms in total. The first-order chi connectivity index (χ1) is 20.0. The average molecular weight is 592 g/mol. The predicted molar refractivity (Wildman–Crippen MR) is 167 cm³/mol. The molecule has 0 bridgehead atoms. The van der Waals surface area contributed by atoms with Gasteiger partial charge in [0.25, 0.3) is 5.91 Å². The van der Waals surface area contributed by atoms with Crippen LogP contribution in [-0.2, 0) is 19.1 Å². The lowest BCUT2D eigenvalue weighted by Crippen LogP contribution is -2.42. The average Bonchev–Trinajstić information content (AvgIpc) is 2.95. The van der Waals surface area contributed by atoms with E-state index < -0.39 is 36.3 Å². The van der Waals surface area contributed by atoms with E-state index in [1.165, 1.54) is 0 Å². The first-order valence-electron chi connectivity index (χ1n) is 16.0. The first kappa shape index (κ1) is 37.7. The molecule has 1 aliphatic rings. The molecule has 4 N–H and O–H groups in total. The molecule has 8 heteroatoms. The van der Waals surface area contributed by atoms with Crippen molar-refractivity contribution in [3.63, 3.8) is 0 Å². The monoisotopic (exact) mass is 591 g/mol. The summed E-state index contributed by atoms with van der Waals surface area (Å²) in [5.74, 6) is -0.221. The number of cyclic esters (lactones) is 1. The number of ketones is 1. The minimum Gasteiger partial charge on any atom is -0.449 e. The van der Waals surface area contributed by atoms with Crippen molar-refractivity contribution >= 4 is 17.7 Å². The van der Waals surface area contributed by atoms with E-state index in [9.17, 15) is 29.7 Å².